The van der Waals surface area contributed by atoms with Crippen molar-refractivity contribution in [3.05, 3.63) is 42.5 Å². The summed E-state index contributed by atoms with van der Waals surface area (Å²) in [6, 6.07) is 8.02. The second-order valence-electron chi connectivity index (χ2n) is 3.09. The van der Waals surface area contributed by atoms with Crippen LogP contribution in [0.1, 0.15) is 24.8 Å². The minimum atomic E-state index is 0.545. The number of rotatable bonds is 3. The van der Waals surface area contributed by atoms with Gasteiger partial charge < -0.3 is 5.73 Å². The highest BCUT2D eigenvalue weighted by Crippen LogP contribution is 2.19. The largest absolute Gasteiger partial charge is 0.399 e. The van der Waals surface area contributed by atoms with E-state index in [0.29, 0.717) is 5.92 Å². The molecule has 0 aliphatic rings. The van der Waals surface area contributed by atoms with E-state index < -0.39 is 0 Å². The van der Waals surface area contributed by atoms with Crippen LogP contribution in [0.15, 0.2) is 36.9 Å². The summed E-state index contributed by atoms with van der Waals surface area (Å²) < 4.78 is 0. The predicted molar refractivity (Wildman–Crippen MR) is 54.1 cm³/mol. The fraction of sp³-hybridized carbons (Fsp3) is 0.273. The van der Waals surface area contributed by atoms with Gasteiger partial charge in [-0.25, -0.2) is 0 Å². The van der Waals surface area contributed by atoms with E-state index in [1.54, 1.807) is 0 Å². The molecule has 1 heteroatoms. The Hall–Kier alpha value is -1.24. The fourth-order valence-electron chi connectivity index (χ4n) is 1.21. The van der Waals surface area contributed by atoms with Gasteiger partial charge in [-0.2, -0.15) is 0 Å². The third kappa shape index (κ3) is 2.12. The van der Waals surface area contributed by atoms with Crippen molar-refractivity contribution in [1.82, 2.24) is 0 Å². The molecular weight excluding hydrogens is 146 g/mol. The summed E-state index contributed by atoms with van der Waals surface area (Å²) in [7, 11) is 0. The molecule has 2 N–H and O–H groups in total. The summed E-state index contributed by atoms with van der Waals surface area (Å²) in [5, 5.41) is 0. The first-order valence-electron chi connectivity index (χ1n) is 4.20. The first kappa shape index (κ1) is 8.85. The van der Waals surface area contributed by atoms with Crippen molar-refractivity contribution in [2.45, 2.75) is 19.3 Å². The molecule has 0 radical (unpaired) electrons. The Morgan fingerprint density at radius 1 is 1.42 bits per heavy atom. The molecular formula is C11H15N. The van der Waals surface area contributed by atoms with Gasteiger partial charge in [-0.1, -0.05) is 25.1 Å². The molecule has 0 saturated heterocycles. The zero-order valence-corrected chi connectivity index (χ0v) is 7.46. The first-order chi connectivity index (χ1) is 5.74. The van der Waals surface area contributed by atoms with Gasteiger partial charge in [-0.05, 0) is 30.0 Å². The summed E-state index contributed by atoms with van der Waals surface area (Å²) in [5.74, 6) is 0.545. The van der Waals surface area contributed by atoms with Gasteiger partial charge in [0.25, 0.3) is 0 Å². The van der Waals surface area contributed by atoms with Crippen LogP contribution in [0.3, 0.4) is 0 Å². The van der Waals surface area contributed by atoms with E-state index in [0.717, 1.165) is 12.1 Å². The number of hydrogen-bond acceptors (Lipinski definition) is 1. The summed E-state index contributed by atoms with van der Waals surface area (Å²) in [6.45, 7) is 5.91. The number of benzene rings is 1. The number of hydrogen-bond donors (Lipinski definition) is 1. The Labute approximate surface area is 73.9 Å². The summed E-state index contributed by atoms with van der Waals surface area (Å²) in [4.78, 5) is 0. The molecule has 1 unspecified atom stereocenters. The molecule has 1 aromatic carbocycles. The highest BCUT2D eigenvalue weighted by Gasteiger charge is 2.01. The zero-order chi connectivity index (χ0) is 8.97. The lowest BCUT2D eigenvalue weighted by Crippen LogP contribution is -1.92. The van der Waals surface area contributed by atoms with Gasteiger partial charge in [0.2, 0.25) is 0 Å². The monoisotopic (exact) mass is 161 g/mol. The van der Waals surface area contributed by atoms with E-state index in [-0.39, 0.29) is 0 Å². The predicted octanol–water partition coefficient (Wildman–Crippen LogP) is 2.95. The Balaban J connectivity index is 2.74. The van der Waals surface area contributed by atoms with E-state index in [1.165, 1.54) is 5.56 Å². The van der Waals surface area contributed by atoms with Crippen LogP contribution >= 0.6 is 0 Å². The molecule has 1 nitrogen and oxygen atoms in total. The Kier molecular flexibility index (Phi) is 2.92. The van der Waals surface area contributed by atoms with Crippen molar-refractivity contribution in [3.63, 3.8) is 0 Å². The quantitative estimate of drug-likeness (QED) is 0.535. The van der Waals surface area contributed by atoms with Crippen molar-refractivity contribution >= 4 is 5.69 Å². The number of anilines is 1. The van der Waals surface area contributed by atoms with Crippen LogP contribution in [0.5, 0.6) is 0 Å². The molecule has 0 heterocycles. The Morgan fingerprint density at radius 3 is 2.50 bits per heavy atom. The van der Waals surface area contributed by atoms with E-state index in [1.807, 2.05) is 18.2 Å². The Morgan fingerprint density at radius 2 is 2.00 bits per heavy atom. The minimum Gasteiger partial charge on any atom is -0.399 e. The molecule has 0 aliphatic heterocycles. The molecule has 0 aromatic heterocycles. The Bertz CT molecular complexity index is 248. The molecule has 0 saturated carbocycles. The second kappa shape index (κ2) is 3.96. The lowest BCUT2D eigenvalue weighted by Gasteiger charge is -2.08. The van der Waals surface area contributed by atoms with Crippen molar-refractivity contribution in [2.75, 3.05) is 5.73 Å². The minimum absolute atomic E-state index is 0.545. The molecule has 1 atom stereocenters. The highest BCUT2D eigenvalue weighted by atomic mass is 14.5. The molecule has 64 valence electrons. The maximum absolute atomic E-state index is 5.58. The molecule has 1 rings (SSSR count). The van der Waals surface area contributed by atoms with Crippen molar-refractivity contribution in [3.8, 4) is 0 Å². The van der Waals surface area contributed by atoms with Gasteiger partial charge in [0.15, 0.2) is 0 Å². The topological polar surface area (TPSA) is 26.0 Å². The van der Waals surface area contributed by atoms with E-state index in [9.17, 15) is 0 Å². The molecule has 0 fully saturated rings. The zero-order valence-electron chi connectivity index (χ0n) is 7.46. The first-order valence-corrected chi connectivity index (χ1v) is 4.20. The summed E-state index contributed by atoms with van der Waals surface area (Å²) in [6.07, 6.45) is 2.96. The van der Waals surface area contributed by atoms with Crippen LogP contribution in [0.25, 0.3) is 0 Å². The van der Waals surface area contributed by atoms with Crippen LogP contribution in [0, 0.1) is 0 Å². The van der Waals surface area contributed by atoms with E-state index >= 15 is 0 Å². The standard InChI is InChI=1S/C11H15N/c1-3-4-9(2)10-5-7-11(12)8-6-10/h3,5-9H,1,4,12H2,2H3. The molecule has 0 bridgehead atoms. The van der Waals surface area contributed by atoms with Gasteiger partial charge in [0.05, 0.1) is 0 Å². The molecule has 0 aliphatic carbocycles. The number of nitrogen functional groups attached to an aromatic ring is 1. The maximum Gasteiger partial charge on any atom is 0.0314 e. The van der Waals surface area contributed by atoms with Gasteiger partial charge in [0, 0.05) is 5.69 Å². The van der Waals surface area contributed by atoms with E-state index in [2.05, 4.69) is 25.6 Å². The maximum atomic E-state index is 5.58. The lowest BCUT2D eigenvalue weighted by atomic mass is 9.98. The lowest BCUT2D eigenvalue weighted by molar-refractivity contribution is 0.782. The van der Waals surface area contributed by atoms with Crippen molar-refractivity contribution in [1.29, 1.82) is 0 Å². The third-order valence-corrected chi connectivity index (χ3v) is 2.03. The second-order valence-corrected chi connectivity index (χ2v) is 3.09. The van der Waals surface area contributed by atoms with E-state index in [4.69, 9.17) is 5.73 Å². The fourth-order valence-corrected chi connectivity index (χ4v) is 1.21. The number of nitrogens with two attached hydrogens (primary N) is 1. The SMILES string of the molecule is C=CCC(C)c1ccc(N)cc1. The molecule has 1 aromatic rings. The van der Waals surface area contributed by atoms with Gasteiger partial charge in [-0.3, -0.25) is 0 Å². The van der Waals surface area contributed by atoms with Crippen LogP contribution in [-0.2, 0) is 0 Å². The van der Waals surface area contributed by atoms with Gasteiger partial charge in [-0.15, -0.1) is 6.58 Å². The van der Waals surface area contributed by atoms with Crippen LogP contribution in [0.4, 0.5) is 5.69 Å². The summed E-state index contributed by atoms with van der Waals surface area (Å²) in [5.41, 5.74) is 7.73. The average Bonchev–Trinajstić information content (AvgIpc) is 2.06. The summed E-state index contributed by atoms with van der Waals surface area (Å²) >= 11 is 0. The van der Waals surface area contributed by atoms with Crippen molar-refractivity contribution < 1.29 is 0 Å². The molecule has 0 amide bonds. The van der Waals surface area contributed by atoms with Crippen LogP contribution in [0.2, 0.25) is 0 Å². The van der Waals surface area contributed by atoms with Crippen LogP contribution < -0.4 is 5.73 Å². The van der Waals surface area contributed by atoms with Crippen molar-refractivity contribution in [2.24, 2.45) is 0 Å². The molecule has 12 heavy (non-hydrogen) atoms. The number of allylic oxidation sites excluding steroid dienone is 1. The highest BCUT2D eigenvalue weighted by molar-refractivity contribution is 5.40. The molecule has 0 spiro atoms. The average molecular weight is 161 g/mol. The normalized spacial score (nSPS) is 12.4. The third-order valence-electron chi connectivity index (χ3n) is 2.03. The van der Waals surface area contributed by atoms with Gasteiger partial charge in [0.1, 0.15) is 0 Å². The van der Waals surface area contributed by atoms with Crippen LogP contribution in [-0.4, -0.2) is 0 Å². The smallest absolute Gasteiger partial charge is 0.0314 e. The van der Waals surface area contributed by atoms with Gasteiger partial charge >= 0.3 is 0 Å².